The highest BCUT2D eigenvalue weighted by molar-refractivity contribution is 9.10. The average Bonchev–Trinajstić information content (AvgIpc) is 3.37. The fourth-order valence-electron chi connectivity index (χ4n) is 4.14. The molecule has 1 fully saturated rings. The highest BCUT2D eigenvalue weighted by atomic mass is 79.9. The van der Waals surface area contributed by atoms with Crippen LogP contribution in [0.2, 0.25) is 0 Å². The minimum Gasteiger partial charge on any atom is -0.465 e. The first-order valence-electron chi connectivity index (χ1n) is 11.1. The lowest BCUT2D eigenvalue weighted by Gasteiger charge is -2.24. The number of methoxy groups -OCH3 is 1. The summed E-state index contributed by atoms with van der Waals surface area (Å²) < 4.78 is 27.9. The maximum atomic E-state index is 14.5. The van der Waals surface area contributed by atoms with Crippen LogP contribution < -0.4 is 5.69 Å². The summed E-state index contributed by atoms with van der Waals surface area (Å²) in [7, 11) is 1.28. The van der Waals surface area contributed by atoms with Crippen LogP contribution in [0.15, 0.2) is 39.7 Å². The summed E-state index contributed by atoms with van der Waals surface area (Å²) in [4.78, 5) is 43.6. The monoisotopic (exact) mass is 548 g/mol. The second-order valence-electron chi connectivity index (χ2n) is 9.39. The Morgan fingerprint density at radius 1 is 1.23 bits per heavy atom. The van der Waals surface area contributed by atoms with Crippen LogP contribution in [-0.2, 0) is 16.0 Å². The molecule has 9 nitrogen and oxygen atoms in total. The van der Waals surface area contributed by atoms with Crippen molar-refractivity contribution in [2.75, 3.05) is 20.2 Å². The molecule has 1 atom stereocenters. The van der Waals surface area contributed by atoms with Crippen molar-refractivity contribution in [1.29, 1.82) is 0 Å². The standard InChI is InChI=1S/C24H26BrFN4O5/c1-24(2,3)35-23(33)28-8-7-16(13-28)30-20-9-17(25)18(26)10-19(20)29(22(30)32)12-15-6-5-14(11-27-15)21(31)34-4/h5-6,9-11,16H,7-8,12-13H2,1-4H3/t16-/m0/s1. The summed E-state index contributed by atoms with van der Waals surface area (Å²) in [6.07, 6.45) is 1.50. The van der Waals surface area contributed by atoms with Gasteiger partial charge >= 0.3 is 17.8 Å². The zero-order valence-corrected chi connectivity index (χ0v) is 21.5. The summed E-state index contributed by atoms with van der Waals surface area (Å²) in [5.41, 5.74) is 0.794. The lowest BCUT2D eigenvalue weighted by atomic mass is 10.2. The van der Waals surface area contributed by atoms with Crippen molar-refractivity contribution in [2.24, 2.45) is 0 Å². The summed E-state index contributed by atoms with van der Waals surface area (Å²) in [6.45, 7) is 6.22. The van der Waals surface area contributed by atoms with Crippen molar-refractivity contribution >= 4 is 39.0 Å². The third-order valence-corrected chi connectivity index (χ3v) is 6.36. The Balaban J connectivity index is 1.70. The van der Waals surface area contributed by atoms with Gasteiger partial charge in [-0.15, -0.1) is 0 Å². The number of hydrogen-bond donors (Lipinski definition) is 0. The number of pyridine rings is 1. The van der Waals surface area contributed by atoms with E-state index < -0.39 is 23.5 Å². The van der Waals surface area contributed by atoms with E-state index in [9.17, 15) is 18.8 Å². The van der Waals surface area contributed by atoms with Crippen molar-refractivity contribution in [2.45, 2.75) is 45.4 Å². The molecule has 1 saturated heterocycles. The van der Waals surface area contributed by atoms with E-state index in [1.165, 1.54) is 23.9 Å². The molecule has 4 rings (SSSR count). The second-order valence-corrected chi connectivity index (χ2v) is 10.2. The minimum atomic E-state index is -0.624. The maximum Gasteiger partial charge on any atom is 0.410 e. The van der Waals surface area contributed by atoms with Crippen molar-refractivity contribution in [3.8, 4) is 0 Å². The molecule has 0 radical (unpaired) electrons. The van der Waals surface area contributed by atoms with E-state index in [1.54, 1.807) is 48.4 Å². The maximum absolute atomic E-state index is 14.5. The van der Waals surface area contributed by atoms with Crippen LogP contribution in [0, 0.1) is 5.82 Å². The molecular formula is C24H26BrFN4O5. The largest absolute Gasteiger partial charge is 0.465 e. The molecule has 2 aromatic heterocycles. The highest BCUT2D eigenvalue weighted by Gasteiger charge is 2.33. The Hall–Kier alpha value is -3.21. The molecule has 186 valence electrons. The quantitative estimate of drug-likeness (QED) is 0.455. The van der Waals surface area contributed by atoms with Gasteiger partial charge in [-0.05, 0) is 61.3 Å². The Labute approximate surface area is 209 Å². The zero-order chi connectivity index (χ0) is 25.5. The molecule has 1 aliphatic rings. The van der Waals surface area contributed by atoms with Crippen LogP contribution in [0.1, 0.15) is 49.3 Å². The lowest BCUT2D eigenvalue weighted by Crippen LogP contribution is -2.36. The number of esters is 1. The average molecular weight is 549 g/mol. The van der Waals surface area contributed by atoms with Gasteiger partial charge in [-0.2, -0.15) is 0 Å². The fourth-order valence-corrected chi connectivity index (χ4v) is 4.47. The van der Waals surface area contributed by atoms with Gasteiger partial charge in [0.15, 0.2) is 0 Å². The number of hydrogen-bond acceptors (Lipinski definition) is 6. The summed E-state index contributed by atoms with van der Waals surface area (Å²) in [5, 5.41) is 0. The molecule has 11 heteroatoms. The number of amides is 1. The number of fused-ring (bicyclic) bond motifs is 1. The van der Waals surface area contributed by atoms with Crippen LogP contribution in [-0.4, -0.2) is 56.9 Å². The van der Waals surface area contributed by atoms with Gasteiger partial charge in [0.2, 0.25) is 0 Å². The number of aromatic nitrogens is 3. The van der Waals surface area contributed by atoms with Crippen molar-refractivity contribution in [1.82, 2.24) is 19.0 Å². The van der Waals surface area contributed by atoms with E-state index >= 15 is 0 Å². The first-order chi connectivity index (χ1) is 16.5. The van der Waals surface area contributed by atoms with Gasteiger partial charge in [0, 0.05) is 25.4 Å². The smallest absolute Gasteiger partial charge is 0.410 e. The van der Waals surface area contributed by atoms with Gasteiger partial charge in [0.05, 0.1) is 46.5 Å². The zero-order valence-electron chi connectivity index (χ0n) is 19.9. The predicted molar refractivity (Wildman–Crippen MR) is 130 cm³/mol. The molecular weight excluding hydrogens is 523 g/mol. The number of likely N-dealkylation sites (tertiary alicyclic amines) is 1. The molecule has 0 unspecified atom stereocenters. The fraction of sp³-hybridized carbons (Fsp3) is 0.417. The summed E-state index contributed by atoms with van der Waals surface area (Å²) in [6, 6.07) is 5.76. The van der Waals surface area contributed by atoms with Gasteiger partial charge in [-0.25, -0.2) is 18.8 Å². The molecule has 0 spiro atoms. The van der Waals surface area contributed by atoms with Crippen LogP contribution in [0.5, 0.6) is 0 Å². The van der Waals surface area contributed by atoms with Crippen LogP contribution >= 0.6 is 15.9 Å². The van der Waals surface area contributed by atoms with Crippen molar-refractivity contribution in [3.05, 3.63) is 62.5 Å². The minimum absolute atomic E-state index is 0.0767. The van der Waals surface area contributed by atoms with Crippen molar-refractivity contribution in [3.63, 3.8) is 0 Å². The van der Waals surface area contributed by atoms with E-state index in [-0.39, 0.29) is 28.3 Å². The van der Waals surface area contributed by atoms with E-state index in [1.807, 2.05) is 0 Å². The van der Waals surface area contributed by atoms with Gasteiger partial charge in [0.25, 0.3) is 0 Å². The van der Waals surface area contributed by atoms with Gasteiger partial charge in [-0.1, -0.05) is 0 Å². The predicted octanol–water partition coefficient (Wildman–Crippen LogP) is 4.12. The summed E-state index contributed by atoms with van der Waals surface area (Å²) >= 11 is 3.22. The van der Waals surface area contributed by atoms with Crippen LogP contribution in [0.4, 0.5) is 9.18 Å². The van der Waals surface area contributed by atoms with Crippen LogP contribution in [0.3, 0.4) is 0 Å². The third kappa shape index (κ3) is 5.09. The van der Waals surface area contributed by atoms with Gasteiger partial charge in [0.1, 0.15) is 11.4 Å². The Morgan fingerprint density at radius 2 is 1.97 bits per heavy atom. The Kier molecular flexibility index (Phi) is 6.72. The second kappa shape index (κ2) is 9.44. The lowest BCUT2D eigenvalue weighted by molar-refractivity contribution is 0.0288. The molecule has 3 heterocycles. The van der Waals surface area contributed by atoms with E-state index in [0.717, 1.165) is 0 Å². The SMILES string of the molecule is COC(=O)c1ccc(Cn2c(=O)n([C@H]3CCN(C(=O)OC(C)(C)C)C3)c3cc(Br)c(F)cc32)nc1. The van der Waals surface area contributed by atoms with E-state index in [0.29, 0.717) is 36.2 Å². The normalized spacial score (nSPS) is 16.1. The molecule has 1 aromatic carbocycles. The number of benzene rings is 1. The topological polar surface area (TPSA) is 95.7 Å². The first kappa shape index (κ1) is 24.9. The third-order valence-electron chi connectivity index (χ3n) is 5.75. The van der Waals surface area contributed by atoms with Crippen molar-refractivity contribution < 1.29 is 23.5 Å². The highest BCUT2D eigenvalue weighted by Crippen LogP contribution is 2.29. The number of rotatable bonds is 4. The Morgan fingerprint density at radius 3 is 2.60 bits per heavy atom. The number of imidazole rings is 1. The molecule has 0 saturated carbocycles. The van der Waals surface area contributed by atoms with E-state index in [4.69, 9.17) is 4.74 Å². The first-order valence-corrected chi connectivity index (χ1v) is 11.9. The number of carbonyl (C=O) groups is 2. The molecule has 35 heavy (non-hydrogen) atoms. The number of carbonyl (C=O) groups excluding carboxylic acids is 2. The molecule has 3 aromatic rings. The molecule has 0 N–H and O–H groups in total. The van der Waals surface area contributed by atoms with Crippen LogP contribution in [0.25, 0.3) is 11.0 Å². The number of halogens is 2. The molecule has 0 bridgehead atoms. The summed E-state index contributed by atoms with van der Waals surface area (Å²) in [5.74, 6) is -1.01. The van der Waals surface area contributed by atoms with E-state index in [2.05, 4.69) is 25.7 Å². The number of ether oxygens (including phenoxy) is 2. The number of nitrogens with zero attached hydrogens (tertiary/aromatic N) is 4. The molecule has 1 aliphatic heterocycles. The molecule has 1 amide bonds. The van der Waals surface area contributed by atoms with Gasteiger partial charge in [-0.3, -0.25) is 14.1 Å². The molecule has 0 aliphatic carbocycles. The van der Waals surface area contributed by atoms with Gasteiger partial charge < -0.3 is 14.4 Å². The Bertz CT molecular complexity index is 1340.